The number of hydrogen-bond donors (Lipinski definition) is 3. The van der Waals surface area contributed by atoms with Crippen molar-refractivity contribution in [3.8, 4) is 34.5 Å². The predicted octanol–water partition coefficient (Wildman–Crippen LogP) is 26.4. The number of nitrogens with zero attached hydrogens (tertiary/aromatic N) is 3. The minimum Gasteiger partial charge on any atom is -0.487 e. The van der Waals surface area contributed by atoms with Crippen molar-refractivity contribution in [3.63, 3.8) is 0 Å². The molecule has 744 valence electrons. The first kappa shape index (κ1) is 116. The van der Waals surface area contributed by atoms with Crippen molar-refractivity contribution in [1.82, 2.24) is 15.0 Å². The zero-order chi connectivity index (χ0) is 91.4. The van der Waals surface area contributed by atoms with Gasteiger partial charge in [0.1, 0.15) is 39.6 Å². The van der Waals surface area contributed by atoms with Crippen molar-refractivity contribution in [2.45, 2.75) is 350 Å². The summed E-state index contributed by atoms with van der Waals surface area (Å²) in [7, 11) is 0. The van der Waals surface area contributed by atoms with E-state index in [1.165, 1.54) is 270 Å². The Hall–Kier alpha value is -5.61. The summed E-state index contributed by atoms with van der Waals surface area (Å²) < 4.78 is 110. The van der Waals surface area contributed by atoms with Gasteiger partial charge in [0.2, 0.25) is 17.8 Å². The first-order valence-corrected chi connectivity index (χ1v) is 52.2. The summed E-state index contributed by atoms with van der Waals surface area (Å²) in [5, 5.41) is 10.4. The second-order valence-corrected chi connectivity index (χ2v) is 34.0. The molecule has 24 heteroatoms. The molecule has 0 amide bonds. The average Bonchev–Trinajstić information content (AvgIpc) is 0.817. The third-order valence-corrected chi connectivity index (χ3v) is 22.2. The number of rotatable bonds is 102. The fourth-order valence-electron chi connectivity index (χ4n) is 14.6. The van der Waals surface area contributed by atoms with Gasteiger partial charge in [0.05, 0.1) is 119 Å². The Balaban J connectivity index is 1.61. The van der Waals surface area contributed by atoms with Crippen molar-refractivity contribution >= 4 is 34.9 Å². The van der Waals surface area contributed by atoms with Crippen LogP contribution in [-0.4, -0.2) is 213 Å². The summed E-state index contributed by atoms with van der Waals surface area (Å²) >= 11 is 0. The van der Waals surface area contributed by atoms with Crippen LogP contribution in [0.15, 0.2) is 54.6 Å². The van der Waals surface area contributed by atoms with Crippen LogP contribution >= 0.6 is 0 Å². The fraction of sp³-hybridized carbons (Fsp3) is 0.800. The van der Waals surface area contributed by atoms with Gasteiger partial charge in [-0.2, -0.15) is 15.0 Å². The van der Waals surface area contributed by atoms with E-state index in [-0.39, 0.29) is 37.7 Å². The maximum absolute atomic E-state index is 6.49. The normalized spacial score (nSPS) is 11.5. The SMILES string of the molecule is CCCCCCCCCCOCCOCCOc1ccc(Nc2nc(Nc3ccc(OCCOCCOCCCCCCCCCC)c(OCCOCCOCCCCCCCCCC)c3)nc(Nc3ccc(OCCOCCOCCCCCCCCCC)c(OCCOCCOCCCCCCCCCC)c3)n2)cc1OCCOCCOCCCCCCCCCC. The number of nitrogens with one attached hydrogen (secondary N) is 3. The molecular formula is C105H186N6O18. The molecule has 3 N–H and O–H groups in total. The lowest BCUT2D eigenvalue weighted by Gasteiger charge is -2.17. The Morgan fingerprint density at radius 3 is 0.465 bits per heavy atom. The highest BCUT2D eigenvalue weighted by molar-refractivity contribution is 5.66. The van der Waals surface area contributed by atoms with Crippen LogP contribution in [0.3, 0.4) is 0 Å². The van der Waals surface area contributed by atoms with Crippen molar-refractivity contribution in [1.29, 1.82) is 0 Å². The summed E-state index contributed by atoms with van der Waals surface area (Å²) in [5.41, 5.74) is 1.86. The largest absolute Gasteiger partial charge is 0.487 e. The summed E-state index contributed by atoms with van der Waals surface area (Å²) in [4.78, 5) is 15.0. The highest BCUT2D eigenvalue weighted by Crippen LogP contribution is 2.36. The third kappa shape index (κ3) is 69.8. The molecule has 4 rings (SSSR count). The van der Waals surface area contributed by atoms with E-state index < -0.39 is 0 Å². The summed E-state index contributed by atoms with van der Waals surface area (Å²) in [6.45, 7) is 27.8. The van der Waals surface area contributed by atoms with Crippen LogP contribution in [-0.2, 0) is 56.8 Å². The Labute approximate surface area is 784 Å². The predicted molar refractivity (Wildman–Crippen MR) is 527 cm³/mol. The lowest BCUT2D eigenvalue weighted by Crippen LogP contribution is -2.14. The van der Waals surface area contributed by atoms with Gasteiger partial charge in [-0.3, -0.25) is 0 Å². The Morgan fingerprint density at radius 2 is 0.295 bits per heavy atom. The maximum Gasteiger partial charge on any atom is 0.233 e. The smallest absolute Gasteiger partial charge is 0.233 e. The highest BCUT2D eigenvalue weighted by Gasteiger charge is 2.17. The van der Waals surface area contributed by atoms with Gasteiger partial charge in [0, 0.05) is 74.9 Å². The van der Waals surface area contributed by atoms with Gasteiger partial charge in [-0.05, 0) is 74.9 Å². The van der Waals surface area contributed by atoms with Crippen molar-refractivity contribution < 1.29 is 85.3 Å². The third-order valence-electron chi connectivity index (χ3n) is 22.2. The Bertz CT molecular complexity index is 2730. The van der Waals surface area contributed by atoms with Crippen LogP contribution in [0.2, 0.25) is 0 Å². The lowest BCUT2D eigenvalue weighted by atomic mass is 10.1. The molecule has 0 aliphatic heterocycles. The van der Waals surface area contributed by atoms with E-state index in [0.29, 0.717) is 190 Å². The number of unbranched alkanes of at least 4 members (excludes halogenated alkanes) is 42. The molecule has 0 radical (unpaired) electrons. The minimum atomic E-state index is 0.214. The van der Waals surface area contributed by atoms with Crippen molar-refractivity contribution in [2.24, 2.45) is 0 Å². The number of aromatic nitrogens is 3. The molecule has 0 atom stereocenters. The molecule has 4 aromatic rings. The van der Waals surface area contributed by atoms with Gasteiger partial charge in [-0.1, -0.05) is 311 Å². The lowest BCUT2D eigenvalue weighted by molar-refractivity contribution is 0.0320. The molecule has 1 aromatic heterocycles. The standard InChI is InChI=1S/C105H186N6O18/c1-7-13-19-25-31-37-43-49-61-112-67-73-118-79-85-124-97-58-55-94(91-100(97)127-88-82-121-76-70-115-64-52-46-40-34-28-22-16-10-4)106-103-109-104(107-95-56-59-98(125-86-80-119-74-68-113-62-50-44-38-32-26-20-14-8-2)101(92-95)128-89-83-122-77-71-116-65-53-47-41-35-29-23-17-11-5)111-105(110-103)108-96-57-60-99(126-87-81-120-75-69-114-63-51-45-39-33-27-21-15-9-3)102(93-96)129-90-84-123-78-72-117-66-54-48-42-36-30-24-18-12-6/h55-60,91-93H,7-54,61-90H2,1-6H3,(H3,106,107,108,109,110,111). The number of benzene rings is 3. The van der Waals surface area contributed by atoms with Crippen LogP contribution in [0.4, 0.5) is 34.9 Å². The van der Waals surface area contributed by atoms with E-state index in [1.807, 2.05) is 54.6 Å². The molecule has 129 heavy (non-hydrogen) atoms. The van der Waals surface area contributed by atoms with Crippen LogP contribution < -0.4 is 44.4 Å². The molecule has 0 aliphatic carbocycles. The molecule has 0 spiro atoms. The Kier molecular flexibility index (Phi) is 80.9. The second-order valence-electron chi connectivity index (χ2n) is 34.0. The first-order chi connectivity index (χ1) is 64.0. The molecule has 24 nitrogen and oxygen atoms in total. The second kappa shape index (κ2) is 90.2. The highest BCUT2D eigenvalue weighted by atomic mass is 16.6. The van der Waals surface area contributed by atoms with Crippen molar-refractivity contribution in [3.05, 3.63) is 54.6 Å². The summed E-state index contributed by atoms with van der Waals surface area (Å²) in [5.74, 6) is 3.75. The molecule has 0 unspecified atom stereocenters. The zero-order valence-electron chi connectivity index (χ0n) is 82.5. The van der Waals surface area contributed by atoms with Gasteiger partial charge >= 0.3 is 0 Å². The molecule has 0 saturated heterocycles. The molecule has 0 bridgehead atoms. The number of hydrogen-bond acceptors (Lipinski definition) is 24. The van der Waals surface area contributed by atoms with Crippen LogP contribution in [0.1, 0.15) is 350 Å². The van der Waals surface area contributed by atoms with Crippen molar-refractivity contribution in [2.75, 3.05) is 214 Å². The molecule has 0 aliphatic rings. The van der Waals surface area contributed by atoms with Gasteiger partial charge in [0.25, 0.3) is 0 Å². The molecule has 0 saturated carbocycles. The van der Waals surface area contributed by atoms with E-state index in [9.17, 15) is 0 Å². The molecular weight excluding hydrogens is 1630 g/mol. The molecule has 1 heterocycles. The topological polar surface area (TPSA) is 241 Å². The minimum absolute atomic E-state index is 0.214. The van der Waals surface area contributed by atoms with Crippen LogP contribution in [0.5, 0.6) is 34.5 Å². The average molecular weight is 1820 g/mol. The molecule has 0 fully saturated rings. The van der Waals surface area contributed by atoms with E-state index >= 15 is 0 Å². The van der Waals surface area contributed by atoms with Crippen LogP contribution in [0.25, 0.3) is 0 Å². The maximum atomic E-state index is 6.49. The van der Waals surface area contributed by atoms with E-state index in [2.05, 4.69) is 57.5 Å². The van der Waals surface area contributed by atoms with E-state index in [1.54, 1.807) is 0 Å². The van der Waals surface area contributed by atoms with Gasteiger partial charge in [-0.25, -0.2) is 0 Å². The first-order valence-electron chi connectivity index (χ1n) is 52.2. The van der Waals surface area contributed by atoms with Gasteiger partial charge in [0.15, 0.2) is 34.5 Å². The monoisotopic (exact) mass is 1820 g/mol. The zero-order valence-corrected chi connectivity index (χ0v) is 82.5. The van der Waals surface area contributed by atoms with Gasteiger partial charge < -0.3 is 101 Å². The van der Waals surface area contributed by atoms with E-state index in [4.69, 9.17) is 100 Å². The van der Waals surface area contributed by atoms with Gasteiger partial charge in [-0.15, -0.1) is 0 Å². The number of ether oxygens (including phenoxy) is 18. The van der Waals surface area contributed by atoms with E-state index in [0.717, 1.165) is 78.2 Å². The number of anilines is 6. The Morgan fingerprint density at radius 1 is 0.155 bits per heavy atom. The fourth-order valence-corrected chi connectivity index (χ4v) is 14.6. The molecule has 3 aromatic carbocycles. The summed E-state index contributed by atoms with van der Waals surface area (Å²) in [6.07, 6.45) is 60.4. The van der Waals surface area contributed by atoms with Crippen LogP contribution in [0, 0.1) is 0 Å². The quantitative estimate of drug-likeness (QED) is 0.0348. The summed E-state index contributed by atoms with van der Waals surface area (Å²) in [6, 6.07) is 16.9.